The molecule has 0 saturated heterocycles. The average Bonchev–Trinajstić information content (AvgIpc) is 2.64. The van der Waals surface area contributed by atoms with Crippen LogP contribution in [0.3, 0.4) is 0 Å². The predicted octanol–water partition coefficient (Wildman–Crippen LogP) is 3.96. The van der Waals surface area contributed by atoms with E-state index in [0.29, 0.717) is 25.7 Å². The summed E-state index contributed by atoms with van der Waals surface area (Å²) in [6.07, 6.45) is 0. The molecular weight excluding hydrogens is 444 g/mol. The van der Waals surface area contributed by atoms with E-state index in [2.05, 4.69) is 34.7 Å². The van der Waals surface area contributed by atoms with E-state index in [-0.39, 0.29) is 29.8 Å². The lowest BCUT2D eigenvalue weighted by atomic mass is 10.2. The fraction of sp³-hybridized carbons (Fsp3) is 0.350. The summed E-state index contributed by atoms with van der Waals surface area (Å²) in [7, 11) is 1.73. The molecular formula is C20H27FIN3O. The van der Waals surface area contributed by atoms with Gasteiger partial charge in [-0.2, -0.15) is 0 Å². The lowest BCUT2D eigenvalue weighted by molar-refractivity contribution is 0.0931. The highest BCUT2D eigenvalue weighted by atomic mass is 127. The van der Waals surface area contributed by atoms with Crippen molar-refractivity contribution in [3.05, 3.63) is 71.5 Å². The van der Waals surface area contributed by atoms with E-state index in [0.717, 1.165) is 18.1 Å². The number of halogens is 2. The molecule has 0 bridgehead atoms. The van der Waals surface area contributed by atoms with Crippen LogP contribution in [-0.4, -0.2) is 26.2 Å². The van der Waals surface area contributed by atoms with Gasteiger partial charge in [0, 0.05) is 20.1 Å². The number of benzene rings is 2. The van der Waals surface area contributed by atoms with Crippen molar-refractivity contribution in [2.24, 2.45) is 10.9 Å². The van der Waals surface area contributed by atoms with Gasteiger partial charge in [0.2, 0.25) is 0 Å². The van der Waals surface area contributed by atoms with Crippen LogP contribution < -0.4 is 10.6 Å². The molecule has 0 heterocycles. The lowest BCUT2D eigenvalue weighted by Crippen LogP contribution is -2.39. The Labute approximate surface area is 172 Å². The van der Waals surface area contributed by atoms with E-state index in [1.54, 1.807) is 19.2 Å². The Morgan fingerprint density at radius 2 is 1.73 bits per heavy atom. The summed E-state index contributed by atoms with van der Waals surface area (Å²) >= 11 is 0. The Balaban J connectivity index is 0.00000338. The lowest BCUT2D eigenvalue weighted by Gasteiger charge is -2.16. The summed E-state index contributed by atoms with van der Waals surface area (Å²) < 4.78 is 18.7. The normalized spacial score (nSPS) is 12.2. The number of nitrogens with zero attached hydrogens (tertiary/aromatic N) is 1. The van der Waals surface area contributed by atoms with Gasteiger partial charge in [0.25, 0.3) is 0 Å². The third-order valence-electron chi connectivity index (χ3n) is 3.73. The molecule has 2 rings (SSSR count). The molecule has 0 aliphatic heterocycles. The average molecular weight is 471 g/mol. The van der Waals surface area contributed by atoms with Crippen molar-refractivity contribution in [1.29, 1.82) is 0 Å². The standard InChI is InChI=1S/C20H26FN3O.HI/c1-16(14-25-15-18-6-4-3-5-7-18)12-23-20(22-2)24-13-17-8-10-19(21)11-9-17;/h3-11,16H,12-15H2,1-2H3,(H2,22,23,24);1H. The first-order valence-corrected chi connectivity index (χ1v) is 8.48. The maximum atomic E-state index is 12.9. The smallest absolute Gasteiger partial charge is 0.191 e. The topological polar surface area (TPSA) is 45.7 Å². The van der Waals surface area contributed by atoms with Gasteiger partial charge in [-0.05, 0) is 29.2 Å². The summed E-state index contributed by atoms with van der Waals surface area (Å²) in [4.78, 5) is 4.20. The van der Waals surface area contributed by atoms with E-state index in [1.165, 1.54) is 17.7 Å². The minimum atomic E-state index is -0.226. The molecule has 6 heteroatoms. The number of aliphatic imine (C=N–C) groups is 1. The van der Waals surface area contributed by atoms with Gasteiger partial charge >= 0.3 is 0 Å². The van der Waals surface area contributed by atoms with Gasteiger partial charge in [0.1, 0.15) is 5.82 Å². The van der Waals surface area contributed by atoms with Gasteiger partial charge in [-0.1, -0.05) is 49.4 Å². The van der Waals surface area contributed by atoms with Crippen LogP contribution in [0.1, 0.15) is 18.1 Å². The van der Waals surface area contributed by atoms with Crippen LogP contribution >= 0.6 is 24.0 Å². The first-order chi connectivity index (χ1) is 12.2. The quantitative estimate of drug-likeness (QED) is 0.348. The van der Waals surface area contributed by atoms with Crippen LogP contribution in [0.4, 0.5) is 4.39 Å². The second-order valence-electron chi connectivity index (χ2n) is 6.04. The van der Waals surface area contributed by atoms with Crippen molar-refractivity contribution in [2.45, 2.75) is 20.1 Å². The highest BCUT2D eigenvalue weighted by molar-refractivity contribution is 14.0. The number of guanidine groups is 1. The molecule has 1 atom stereocenters. The maximum absolute atomic E-state index is 12.9. The molecule has 0 aromatic heterocycles. The van der Waals surface area contributed by atoms with Crippen LogP contribution in [0, 0.1) is 11.7 Å². The van der Waals surface area contributed by atoms with E-state index >= 15 is 0 Å². The van der Waals surface area contributed by atoms with E-state index in [4.69, 9.17) is 4.74 Å². The maximum Gasteiger partial charge on any atom is 0.191 e. The van der Waals surface area contributed by atoms with Crippen LogP contribution in [0.2, 0.25) is 0 Å². The first kappa shape index (κ1) is 22.4. The fourth-order valence-electron chi connectivity index (χ4n) is 2.29. The van der Waals surface area contributed by atoms with Gasteiger partial charge in [0.05, 0.1) is 13.2 Å². The first-order valence-electron chi connectivity index (χ1n) is 8.48. The zero-order valence-electron chi connectivity index (χ0n) is 15.2. The van der Waals surface area contributed by atoms with Crippen molar-refractivity contribution in [1.82, 2.24) is 10.6 Å². The summed E-state index contributed by atoms with van der Waals surface area (Å²) in [5, 5.41) is 6.50. The van der Waals surface area contributed by atoms with Gasteiger partial charge in [-0.25, -0.2) is 4.39 Å². The Hall–Kier alpha value is -1.67. The highest BCUT2D eigenvalue weighted by Crippen LogP contribution is 2.03. The molecule has 2 N–H and O–H groups in total. The van der Waals surface area contributed by atoms with E-state index < -0.39 is 0 Å². The van der Waals surface area contributed by atoms with Crippen molar-refractivity contribution in [3.8, 4) is 0 Å². The summed E-state index contributed by atoms with van der Waals surface area (Å²) in [5.41, 5.74) is 2.18. The van der Waals surface area contributed by atoms with Crippen LogP contribution in [-0.2, 0) is 17.9 Å². The molecule has 4 nitrogen and oxygen atoms in total. The van der Waals surface area contributed by atoms with E-state index in [9.17, 15) is 4.39 Å². The summed E-state index contributed by atoms with van der Waals surface area (Å²) in [5.74, 6) is 0.850. The van der Waals surface area contributed by atoms with Crippen LogP contribution in [0.25, 0.3) is 0 Å². The molecule has 2 aromatic carbocycles. The molecule has 0 aliphatic carbocycles. The minimum absolute atomic E-state index is 0. The second-order valence-corrected chi connectivity index (χ2v) is 6.04. The van der Waals surface area contributed by atoms with Gasteiger partial charge in [-0.15, -0.1) is 24.0 Å². The number of nitrogens with one attached hydrogen (secondary N) is 2. The third kappa shape index (κ3) is 8.62. The molecule has 0 radical (unpaired) electrons. The molecule has 142 valence electrons. The monoisotopic (exact) mass is 471 g/mol. The molecule has 0 spiro atoms. The molecule has 2 aromatic rings. The van der Waals surface area contributed by atoms with Crippen LogP contribution in [0.15, 0.2) is 59.6 Å². The zero-order chi connectivity index (χ0) is 17.9. The third-order valence-corrected chi connectivity index (χ3v) is 3.73. The largest absolute Gasteiger partial charge is 0.376 e. The molecule has 0 aliphatic rings. The Morgan fingerprint density at radius 1 is 1.04 bits per heavy atom. The second kappa shape index (κ2) is 12.6. The number of hydrogen-bond acceptors (Lipinski definition) is 2. The van der Waals surface area contributed by atoms with Gasteiger partial charge in [-0.3, -0.25) is 4.99 Å². The van der Waals surface area contributed by atoms with Crippen molar-refractivity contribution in [3.63, 3.8) is 0 Å². The van der Waals surface area contributed by atoms with Crippen LogP contribution in [0.5, 0.6) is 0 Å². The SMILES string of the molecule is CN=C(NCc1ccc(F)cc1)NCC(C)COCc1ccccc1.I. The van der Waals surface area contributed by atoms with Crippen molar-refractivity contribution >= 4 is 29.9 Å². The molecule has 0 amide bonds. The molecule has 26 heavy (non-hydrogen) atoms. The Kier molecular flexibility index (Phi) is 10.9. The highest BCUT2D eigenvalue weighted by Gasteiger charge is 2.05. The summed E-state index contributed by atoms with van der Waals surface area (Å²) in [6, 6.07) is 16.6. The van der Waals surface area contributed by atoms with E-state index in [1.807, 2.05) is 18.2 Å². The Morgan fingerprint density at radius 3 is 2.38 bits per heavy atom. The number of ether oxygens (including phenoxy) is 1. The number of rotatable bonds is 8. The minimum Gasteiger partial charge on any atom is -0.376 e. The Bertz CT molecular complexity index is 650. The summed E-state index contributed by atoms with van der Waals surface area (Å²) in [6.45, 7) is 4.79. The fourth-order valence-corrected chi connectivity index (χ4v) is 2.29. The number of hydrogen-bond donors (Lipinski definition) is 2. The van der Waals surface area contributed by atoms with Gasteiger partial charge in [0.15, 0.2) is 5.96 Å². The van der Waals surface area contributed by atoms with Gasteiger partial charge < -0.3 is 15.4 Å². The molecule has 1 unspecified atom stereocenters. The molecule has 0 fully saturated rings. The van der Waals surface area contributed by atoms with Crippen molar-refractivity contribution in [2.75, 3.05) is 20.2 Å². The zero-order valence-corrected chi connectivity index (χ0v) is 17.6. The van der Waals surface area contributed by atoms with Crippen molar-refractivity contribution < 1.29 is 9.13 Å². The molecule has 0 saturated carbocycles. The predicted molar refractivity (Wildman–Crippen MR) is 115 cm³/mol.